The van der Waals surface area contributed by atoms with E-state index >= 15 is 0 Å². The fourth-order valence-electron chi connectivity index (χ4n) is 4.50. The highest BCUT2D eigenvalue weighted by Gasteiger charge is 2.49. The van der Waals surface area contributed by atoms with Crippen molar-refractivity contribution in [2.24, 2.45) is 5.41 Å². The van der Waals surface area contributed by atoms with Gasteiger partial charge in [-0.2, -0.15) is 0 Å². The van der Waals surface area contributed by atoms with Gasteiger partial charge in [-0.25, -0.2) is 9.97 Å². The summed E-state index contributed by atoms with van der Waals surface area (Å²) >= 11 is 0. The molecule has 1 aliphatic heterocycles. The van der Waals surface area contributed by atoms with Crippen LogP contribution < -0.4 is 15.8 Å². The second-order valence-corrected chi connectivity index (χ2v) is 8.43. The van der Waals surface area contributed by atoms with Gasteiger partial charge in [0.25, 0.3) is 0 Å². The first-order chi connectivity index (χ1) is 14.7. The first-order valence-electron chi connectivity index (χ1n) is 10.4. The average Bonchev–Trinajstić information content (AvgIpc) is 3.22. The smallest absolute Gasteiger partial charge is 0.150 e. The lowest BCUT2D eigenvalue weighted by Gasteiger charge is -2.09. The van der Waals surface area contributed by atoms with Crippen molar-refractivity contribution in [2.75, 3.05) is 12.3 Å². The summed E-state index contributed by atoms with van der Waals surface area (Å²) in [4.78, 5) is 9.37. The van der Waals surface area contributed by atoms with Crippen LogP contribution >= 0.6 is 0 Å². The van der Waals surface area contributed by atoms with Crippen LogP contribution in [0.15, 0.2) is 67.0 Å². The van der Waals surface area contributed by atoms with Crippen LogP contribution in [0.2, 0.25) is 0 Å². The number of para-hydroxylation sites is 1. The molecule has 2 aromatic heterocycles. The molecule has 6 nitrogen and oxygen atoms in total. The number of nitrogen functional groups attached to an aromatic ring is 1. The fraction of sp³-hybridized carbons (Fsp3) is 0.250. The standard InChI is InChI=1S/C24H23N5O/c25-22-21-20(16-6-8-18(9-7-16)30-17-4-2-1-3-5-17)28-23(29(21)13-12-26-22)19-14-24(10-11-24)15-27-19/h1-9,12-13,19,27H,10-11,14-15H2,(H2,25,26). The van der Waals surface area contributed by atoms with E-state index in [0.717, 1.165) is 47.1 Å². The molecule has 3 heterocycles. The zero-order valence-electron chi connectivity index (χ0n) is 16.6. The number of anilines is 1. The molecule has 0 bridgehead atoms. The maximum Gasteiger partial charge on any atom is 0.150 e. The van der Waals surface area contributed by atoms with Crippen LogP contribution in [0.25, 0.3) is 16.8 Å². The molecule has 1 unspecified atom stereocenters. The second kappa shape index (κ2) is 6.57. The molecule has 1 aliphatic carbocycles. The molecule has 30 heavy (non-hydrogen) atoms. The van der Waals surface area contributed by atoms with Gasteiger partial charge in [-0.05, 0) is 61.1 Å². The van der Waals surface area contributed by atoms with Crippen molar-refractivity contribution in [2.45, 2.75) is 25.3 Å². The summed E-state index contributed by atoms with van der Waals surface area (Å²) < 4.78 is 8.03. The normalized spacial score (nSPS) is 19.4. The number of nitrogens with two attached hydrogens (primary N) is 1. The number of rotatable bonds is 4. The summed E-state index contributed by atoms with van der Waals surface area (Å²) in [6.07, 6.45) is 7.48. The second-order valence-electron chi connectivity index (χ2n) is 8.43. The molecule has 2 aliphatic rings. The number of ether oxygens (including phenoxy) is 1. The van der Waals surface area contributed by atoms with Crippen LogP contribution in [0.1, 0.15) is 31.1 Å². The quantitative estimate of drug-likeness (QED) is 0.527. The molecule has 4 aromatic rings. The van der Waals surface area contributed by atoms with E-state index in [1.807, 2.05) is 60.8 Å². The first kappa shape index (κ1) is 17.5. The summed E-state index contributed by atoms with van der Waals surface area (Å²) in [5, 5.41) is 3.67. The minimum Gasteiger partial charge on any atom is -0.457 e. The van der Waals surface area contributed by atoms with Gasteiger partial charge in [0.15, 0.2) is 0 Å². The maximum absolute atomic E-state index is 6.29. The number of fused-ring (bicyclic) bond motifs is 1. The number of nitrogens with zero attached hydrogens (tertiary/aromatic N) is 3. The number of hydrogen-bond donors (Lipinski definition) is 2. The molecule has 0 amide bonds. The Morgan fingerprint density at radius 3 is 2.53 bits per heavy atom. The number of aromatic nitrogens is 3. The number of benzene rings is 2. The SMILES string of the molecule is Nc1nccn2c(C3CC4(CC4)CN3)nc(-c3ccc(Oc4ccccc4)cc3)c12. The van der Waals surface area contributed by atoms with Crippen molar-refractivity contribution < 1.29 is 4.74 Å². The van der Waals surface area contributed by atoms with Gasteiger partial charge in [0, 0.05) is 24.5 Å². The van der Waals surface area contributed by atoms with Gasteiger partial charge in [0.2, 0.25) is 0 Å². The summed E-state index contributed by atoms with van der Waals surface area (Å²) in [5.41, 5.74) is 9.50. The Kier molecular flexibility index (Phi) is 3.83. The van der Waals surface area contributed by atoms with Crippen LogP contribution in [-0.2, 0) is 0 Å². The molecule has 1 saturated heterocycles. The Balaban J connectivity index is 1.37. The van der Waals surface area contributed by atoms with Gasteiger partial charge in [0.1, 0.15) is 34.4 Å². The van der Waals surface area contributed by atoms with E-state index in [-0.39, 0.29) is 6.04 Å². The number of nitrogens with one attached hydrogen (secondary N) is 1. The summed E-state index contributed by atoms with van der Waals surface area (Å²) in [6, 6.07) is 18.0. The zero-order chi connectivity index (χ0) is 20.1. The van der Waals surface area contributed by atoms with E-state index < -0.39 is 0 Å². The minimum absolute atomic E-state index is 0.247. The highest BCUT2D eigenvalue weighted by molar-refractivity contribution is 5.85. The Bertz CT molecular complexity index is 1210. The van der Waals surface area contributed by atoms with Crippen molar-refractivity contribution in [1.29, 1.82) is 0 Å². The van der Waals surface area contributed by atoms with Gasteiger partial charge in [-0.3, -0.25) is 4.40 Å². The van der Waals surface area contributed by atoms with E-state index in [1.165, 1.54) is 12.8 Å². The van der Waals surface area contributed by atoms with E-state index in [4.69, 9.17) is 15.5 Å². The van der Waals surface area contributed by atoms with Gasteiger partial charge in [-0.1, -0.05) is 18.2 Å². The van der Waals surface area contributed by atoms with Crippen molar-refractivity contribution in [1.82, 2.24) is 19.7 Å². The van der Waals surface area contributed by atoms with E-state index in [2.05, 4.69) is 14.7 Å². The van der Waals surface area contributed by atoms with E-state index in [1.54, 1.807) is 6.20 Å². The molecule has 1 spiro atoms. The molecule has 2 fully saturated rings. The highest BCUT2D eigenvalue weighted by Crippen LogP contribution is 2.55. The number of hydrogen-bond acceptors (Lipinski definition) is 5. The van der Waals surface area contributed by atoms with Gasteiger partial charge < -0.3 is 15.8 Å². The fourth-order valence-corrected chi connectivity index (χ4v) is 4.50. The molecular formula is C24H23N5O. The van der Waals surface area contributed by atoms with Gasteiger partial charge in [0.05, 0.1) is 6.04 Å². The monoisotopic (exact) mass is 397 g/mol. The average molecular weight is 397 g/mol. The molecule has 3 N–H and O–H groups in total. The lowest BCUT2D eigenvalue weighted by Crippen LogP contribution is -2.16. The Labute approximate surface area is 174 Å². The predicted octanol–water partition coefficient (Wildman–Crippen LogP) is 4.59. The Hall–Kier alpha value is -3.38. The van der Waals surface area contributed by atoms with Crippen LogP contribution in [0.3, 0.4) is 0 Å². The lowest BCUT2D eigenvalue weighted by atomic mass is 10.0. The van der Waals surface area contributed by atoms with Crippen molar-refractivity contribution >= 4 is 11.3 Å². The Morgan fingerprint density at radius 1 is 1.03 bits per heavy atom. The topological polar surface area (TPSA) is 77.5 Å². The third kappa shape index (κ3) is 2.92. The first-order valence-corrected chi connectivity index (χ1v) is 10.4. The van der Waals surface area contributed by atoms with Crippen molar-refractivity contribution in [3.63, 3.8) is 0 Å². The summed E-state index contributed by atoms with van der Waals surface area (Å²) in [7, 11) is 0. The van der Waals surface area contributed by atoms with E-state index in [0.29, 0.717) is 11.2 Å². The third-order valence-corrected chi connectivity index (χ3v) is 6.35. The molecule has 2 aromatic carbocycles. The highest BCUT2D eigenvalue weighted by atomic mass is 16.5. The summed E-state index contributed by atoms with van der Waals surface area (Å²) in [5.74, 6) is 3.11. The maximum atomic E-state index is 6.29. The molecular weight excluding hydrogens is 374 g/mol. The predicted molar refractivity (Wildman–Crippen MR) is 116 cm³/mol. The van der Waals surface area contributed by atoms with Crippen LogP contribution in [0.4, 0.5) is 5.82 Å². The lowest BCUT2D eigenvalue weighted by molar-refractivity contribution is 0.483. The summed E-state index contributed by atoms with van der Waals surface area (Å²) in [6.45, 7) is 1.08. The van der Waals surface area contributed by atoms with Gasteiger partial charge >= 0.3 is 0 Å². The molecule has 6 rings (SSSR count). The zero-order valence-corrected chi connectivity index (χ0v) is 16.6. The van der Waals surface area contributed by atoms with Crippen molar-refractivity contribution in [3.05, 3.63) is 72.8 Å². The van der Waals surface area contributed by atoms with E-state index in [9.17, 15) is 0 Å². The van der Waals surface area contributed by atoms with Crippen LogP contribution in [0, 0.1) is 5.41 Å². The van der Waals surface area contributed by atoms with Crippen molar-refractivity contribution in [3.8, 4) is 22.8 Å². The molecule has 150 valence electrons. The van der Waals surface area contributed by atoms with Gasteiger partial charge in [-0.15, -0.1) is 0 Å². The molecule has 1 atom stereocenters. The minimum atomic E-state index is 0.247. The van der Waals surface area contributed by atoms with Crippen LogP contribution in [-0.4, -0.2) is 20.9 Å². The molecule has 6 heteroatoms. The van der Waals surface area contributed by atoms with Crippen LogP contribution in [0.5, 0.6) is 11.5 Å². The Morgan fingerprint density at radius 2 is 1.80 bits per heavy atom. The molecule has 0 radical (unpaired) electrons. The number of imidazole rings is 1. The largest absolute Gasteiger partial charge is 0.457 e. The molecule has 1 saturated carbocycles. The third-order valence-electron chi connectivity index (χ3n) is 6.35.